The van der Waals surface area contributed by atoms with Crippen LogP contribution in [0.25, 0.3) is 0 Å². The molecule has 1 aromatic heterocycles. The molecule has 4 heteroatoms. The summed E-state index contributed by atoms with van der Waals surface area (Å²) in [5, 5.41) is 3.03. The van der Waals surface area contributed by atoms with Crippen LogP contribution in [0.1, 0.15) is 0 Å². The summed E-state index contributed by atoms with van der Waals surface area (Å²) < 4.78 is 0. The van der Waals surface area contributed by atoms with Crippen molar-refractivity contribution in [1.29, 1.82) is 0 Å². The van der Waals surface area contributed by atoms with Gasteiger partial charge in [-0.3, -0.25) is 4.79 Å². The Morgan fingerprint density at radius 3 is 3.08 bits per heavy atom. The lowest BCUT2D eigenvalue weighted by Gasteiger charge is -2.26. The first-order valence-electron chi connectivity index (χ1n) is 4.02. The molecule has 0 aromatic carbocycles. The van der Waals surface area contributed by atoms with Gasteiger partial charge in [0.1, 0.15) is 0 Å². The summed E-state index contributed by atoms with van der Waals surface area (Å²) in [6, 6.07) is 1.91. The molecule has 1 aliphatic rings. The third kappa shape index (κ3) is 1.21. The van der Waals surface area contributed by atoms with E-state index in [0.717, 1.165) is 18.8 Å². The quantitative estimate of drug-likeness (QED) is 0.613. The van der Waals surface area contributed by atoms with Crippen LogP contribution in [0.4, 0.5) is 5.69 Å². The van der Waals surface area contributed by atoms with Gasteiger partial charge >= 0.3 is 0 Å². The van der Waals surface area contributed by atoms with Crippen molar-refractivity contribution in [2.45, 2.75) is 0 Å². The summed E-state index contributed by atoms with van der Waals surface area (Å²) in [6.07, 6.45) is 3.66. The van der Waals surface area contributed by atoms with Gasteiger partial charge in [-0.25, -0.2) is 0 Å². The third-order valence-electron chi connectivity index (χ3n) is 1.98. The standard InChI is InChI=1S/C8H11N3O/c12-8-6-10-3-4-11(8)7-1-2-9-5-7/h1-2,5,9-10H,3-4,6H2. The van der Waals surface area contributed by atoms with E-state index in [1.165, 1.54) is 0 Å². The monoisotopic (exact) mass is 165 g/mol. The minimum Gasteiger partial charge on any atom is -0.366 e. The summed E-state index contributed by atoms with van der Waals surface area (Å²) in [6.45, 7) is 2.08. The van der Waals surface area contributed by atoms with Gasteiger partial charge in [-0.05, 0) is 6.07 Å². The molecule has 2 N–H and O–H groups in total. The number of nitrogens with zero attached hydrogens (tertiary/aromatic N) is 1. The van der Waals surface area contributed by atoms with Crippen LogP contribution in [0.3, 0.4) is 0 Å². The number of aromatic nitrogens is 1. The summed E-state index contributed by atoms with van der Waals surface area (Å²) in [5.41, 5.74) is 0.960. The van der Waals surface area contributed by atoms with E-state index in [1.54, 1.807) is 4.90 Å². The Hall–Kier alpha value is -1.29. The van der Waals surface area contributed by atoms with E-state index in [0.29, 0.717) is 6.54 Å². The van der Waals surface area contributed by atoms with E-state index in [2.05, 4.69) is 10.3 Å². The van der Waals surface area contributed by atoms with E-state index >= 15 is 0 Å². The highest BCUT2D eigenvalue weighted by molar-refractivity contribution is 5.95. The minimum atomic E-state index is 0.140. The highest BCUT2D eigenvalue weighted by atomic mass is 16.2. The first-order valence-corrected chi connectivity index (χ1v) is 4.02. The van der Waals surface area contributed by atoms with Gasteiger partial charge in [0.2, 0.25) is 5.91 Å². The largest absolute Gasteiger partial charge is 0.366 e. The lowest BCUT2D eigenvalue weighted by atomic mass is 10.3. The third-order valence-corrected chi connectivity index (χ3v) is 1.98. The maximum Gasteiger partial charge on any atom is 0.241 e. The van der Waals surface area contributed by atoms with Gasteiger partial charge in [-0.1, -0.05) is 0 Å². The second kappa shape index (κ2) is 2.98. The zero-order valence-corrected chi connectivity index (χ0v) is 6.71. The summed E-state index contributed by atoms with van der Waals surface area (Å²) >= 11 is 0. The number of hydrogen-bond donors (Lipinski definition) is 2. The SMILES string of the molecule is O=C1CNCCN1c1cc[nH]c1. The highest BCUT2D eigenvalue weighted by Crippen LogP contribution is 2.12. The molecule has 0 atom stereocenters. The van der Waals surface area contributed by atoms with Crippen molar-refractivity contribution in [1.82, 2.24) is 10.3 Å². The fraction of sp³-hybridized carbons (Fsp3) is 0.375. The summed E-state index contributed by atoms with van der Waals surface area (Å²) in [4.78, 5) is 16.1. The molecule has 0 unspecified atom stereocenters. The van der Waals surface area contributed by atoms with Crippen LogP contribution in [0.2, 0.25) is 0 Å². The predicted octanol–water partition coefficient (Wildman–Crippen LogP) is -0.0491. The second-order valence-corrected chi connectivity index (χ2v) is 2.79. The van der Waals surface area contributed by atoms with E-state index < -0.39 is 0 Å². The molecule has 1 saturated heterocycles. The van der Waals surface area contributed by atoms with Crippen LogP contribution >= 0.6 is 0 Å². The fourth-order valence-corrected chi connectivity index (χ4v) is 1.36. The molecule has 2 rings (SSSR count). The molecule has 1 amide bonds. The first kappa shape index (κ1) is 7.36. The van der Waals surface area contributed by atoms with Crippen LogP contribution in [0, 0.1) is 0 Å². The number of carbonyl (C=O) groups is 1. The van der Waals surface area contributed by atoms with Crippen molar-refractivity contribution in [3.63, 3.8) is 0 Å². The lowest BCUT2D eigenvalue weighted by molar-refractivity contribution is -0.118. The van der Waals surface area contributed by atoms with E-state index in [9.17, 15) is 4.79 Å². The van der Waals surface area contributed by atoms with Crippen molar-refractivity contribution in [3.8, 4) is 0 Å². The van der Waals surface area contributed by atoms with Gasteiger partial charge in [-0.2, -0.15) is 0 Å². The maximum atomic E-state index is 11.3. The Morgan fingerprint density at radius 1 is 1.50 bits per heavy atom. The Kier molecular flexibility index (Phi) is 1.83. The lowest BCUT2D eigenvalue weighted by Crippen LogP contribution is -2.48. The average Bonchev–Trinajstić information content (AvgIpc) is 2.57. The zero-order chi connectivity index (χ0) is 8.39. The molecular weight excluding hydrogens is 154 g/mol. The van der Waals surface area contributed by atoms with Crippen LogP contribution in [-0.2, 0) is 4.79 Å². The first-order chi connectivity index (χ1) is 5.88. The normalized spacial score (nSPS) is 18.3. The summed E-state index contributed by atoms with van der Waals surface area (Å²) in [7, 11) is 0. The molecule has 1 aliphatic heterocycles. The topological polar surface area (TPSA) is 48.1 Å². The fourth-order valence-electron chi connectivity index (χ4n) is 1.36. The number of piperazine rings is 1. The Labute approximate surface area is 70.6 Å². The number of amides is 1. The Bertz CT molecular complexity index is 268. The van der Waals surface area contributed by atoms with Crippen LogP contribution < -0.4 is 10.2 Å². The number of rotatable bonds is 1. The van der Waals surface area contributed by atoms with Crippen LogP contribution in [0.15, 0.2) is 18.5 Å². The van der Waals surface area contributed by atoms with Crippen molar-refractivity contribution < 1.29 is 4.79 Å². The number of hydrogen-bond acceptors (Lipinski definition) is 2. The van der Waals surface area contributed by atoms with Gasteiger partial charge in [0, 0.05) is 25.5 Å². The van der Waals surface area contributed by atoms with Crippen molar-refractivity contribution in [2.75, 3.05) is 24.5 Å². The van der Waals surface area contributed by atoms with Crippen molar-refractivity contribution >= 4 is 11.6 Å². The molecule has 0 saturated carbocycles. The molecule has 64 valence electrons. The number of H-pyrrole nitrogens is 1. The van der Waals surface area contributed by atoms with E-state index in [1.807, 2.05) is 18.5 Å². The maximum absolute atomic E-state index is 11.3. The molecule has 0 spiro atoms. The Balaban J connectivity index is 2.17. The molecule has 0 aliphatic carbocycles. The predicted molar refractivity (Wildman–Crippen MR) is 46.0 cm³/mol. The molecule has 0 radical (unpaired) electrons. The molecule has 1 fully saturated rings. The second-order valence-electron chi connectivity index (χ2n) is 2.79. The highest BCUT2D eigenvalue weighted by Gasteiger charge is 2.18. The minimum absolute atomic E-state index is 0.140. The van der Waals surface area contributed by atoms with Gasteiger partial charge in [-0.15, -0.1) is 0 Å². The molecular formula is C8H11N3O. The molecule has 0 bridgehead atoms. The van der Waals surface area contributed by atoms with Gasteiger partial charge < -0.3 is 15.2 Å². The summed E-state index contributed by atoms with van der Waals surface area (Å²) in [5.74, 6) is 0.140. The van der Waals surface area contributed by atoms with Gasteiger partial charge in [0.15, 0.2) is 0 Å². The van der Waals surface area contributed by atoms with E-state index in [4.69, 9.17) is 0 Å². The number of aromatic amines is 1. The molecule has 1 aromatic rings. The number of nitrogens with one attached hydrogen (secondary N) is 2. The van der Waals surface area contributed by atoms with Crippen LogP contribution in [-0.4, -0.2) is 30.5 Å². The van der Waals surface area contributed by atoms with Crippen molar-refractivity contribution in [3.05, 3.63) is 18.5 Å². The Morgan fingerprint density at radius 2 is 2.42 bits per heavy atom. The van der Waals surface area contributed by atoms with E-state index in [-0.39, 0.29) is 5.91 Å². The number of anilines is 1. The molecule has 2 heterocycles. The van der Waals surface area contributed by atoms with Crippen molar-refractivity contribution in [2.24, 2.45) is 0 Å². The van der Waals surface area contributed by atoms with Gasteiger partial charge in [0.25, 0.3) is 0 Å². The molecule has 12 heavy (non-hydrogen) atoms. The van der Waals surface area contributed by atoms with Gasteiger partial charge in [0.05, 0.1) is 12.2 Å². The average molecular weight is 165 g/mol. The molecule has 4 nitrogen and oxygen atoms in total. The van der Waals surface area contributed by atoms with Crippen LogP contribution in [0.5, 0.6) is 0 Å². The number of carbonyl (C=O) groups excluding carboxylic acids is 1. The smallest absolute Gasteiger partial charge is 0.241 e. The zero-order valence-electron chi connectivity index (χ0n) is 6.71.